The van der Waals surface area contributed by atoms with Gasteiger partial charge in [-0.25, -0.2) is 0 Å². The van der Waals surface area contributed by atoms with E-state index in [0.717, 1.165) is 50.1 Å². The Morgan fingerprint density at radius 3 is 2.38 bits per heavy atom. The molecule has 7 heteroatoms. The van der Waals surface area contributed by atoms with Gasteiger partial charge in [-0.1, -0.05) is 0 Å². The molecule has 1 N–H and O–H groups in total. The Morgan fingerprint density at radius 2 is 1.85 bits per heavy atom. The third-order valence-electron chi connectivity index (χ3n) is 4.51. The Morgan fingerprint density at radius 1 is 1.23 bits per heavy atom. The molecule has 1 aliphatic heterocycles. The van der Waals surface area contributed by atoms with Gasteiger partial charge in [0.2, 0.25) is 0 Å². The SMILES string of the molecule is CCNC(=NCC(C)(C)SC)N1CCc2cc(OC)c(OC)cc2C1.I. The first-order valence-corrected chi connectivity index (χ1v) is 9.98. The molecule has 5 nitrogen and oxygen atoms in total. The molecule has 0 spiro atoms. The number of hydrogen-bond acceptors (Lipinski definition) is 4. The summed E-state index contributed by atoms with van der Waals surface area (Å²) in [6, 6.07) is 4.20. The molecule has 26 heavy (non-hydrogen) atoms. The first-order valence-electron chi connectivity index (χ1n) is 8.76. The number of guanidine groups is 1. The minimum atomic E-state index is 0. The van der Waals surface area contributed by atoms with Gasteiger partial charge in [-0.3, -0.25) is 4.99 Å². The normalized spacial score (nSPS) is 14.4. The highest BCUT2D eigenvalue weighted by Gasteiger charge is 2.23. The van der Waals surface area contributed by atoms with Gasteiger partial charge in [0.25, 0.3) is 0 Å². The molecule has 0 saturated carbocycles. The zero-order valence-corrected chi connectivity index (χ0v) is 19.9. The van der Waals surface area contributed by atoms with E-state index < -0.39 is 0 Å². The van der Waals surface area contributed by atoms with Gasteiger partial charge in [-0.05, 0) is 56.7 Å². The highest BCUT2D eigenvalue weighted by Crippen LogP contribution is 2.33. The van der Waals surface area contributed by atoms with E-state index in [9.17, 15) is 0 Å². The van der Waals surface area contributed by atoms with Gasteiger partial charge in [-0.15, -0.1) is 24.0 Å². The molecule has 0 fully saturated rings. The van der Waals surface area contributed by atoms with E-state index in [1.165, 1.54) is 11.1 Å². The Balaban J connectivity index is 0.00000338. The average Bonchev–Trinajstić information content (AvgIpc) is 2.63. The molecular weight excluding hydrogens is 461 g/mol. The first-order chi connectivity index (χ1) is 11.9. The molecule has 0 amide bonds. The van der Waals surface area contributed by atoms with Crippen molar-refractivity contribution in [1.82, 2.24) is 10.2 Å². The Hall–Kier alpha value is -0.830. The van der Waals surface area contributed by atoms with Crippen LogP contribution < -0.4 is 14.8 Å². The molecule has 0 saturated heterocycles. The number of fused-ring (bicyclic) bond motifs is 1. The Kier molecular flexibility index (Phi) is 9.36. The summed E-state index contributed by atoms with van der Waals surface area (Å²) in [7, 11) is 3.36. The highest BCUT2D eigenvalue weighted by molar-refractivity contribution is 14.0. The fourth-order valence-corrected chi connectivity index (χ4v) is 3.01. The van der Waals surface area contributed by atoms with E-state index in [1.54, 1.807) is 14.2 Å². The summed E-state index contributed by atoms with van der Waals surface area (Å²) in [5.74, 6) is 2.58. The number of benzene rings is 1. The van der Waals surface area contributed by atoms with E-state index in [2.05, 4.69) is 49.4 Å². The van der Waals surface area contributed by atoms with Crippen molar-refractivity contribution in [3.05, 3.63) is 23.3 Å². The monoisotopic (exact) mass is 493 g/mol. The first kappa shape index (κ1) is 23.2. The van der Waals surface area contributed by atoms with Crippen molar-refractivity contribution in [2.45, 2.75) is 38.5 Å². The number of halogens is 1. The fraction of sp³-hybridized carbons (Fsp3) is 0.632. The number of rotatable bonds is 6. The summed E-state index contributed by atoms with van der Waals surface area (Å²) in [6.07, 6.45) is 3.12. The minimum Gasteiger partial charge on any atom is -0.493 e. The van der Waals surface area contributed by atoms with Crippen LogP contribution in [0.4, 0.5) is 0 Å². The van der Waals surface area contributed by atoms with Crippen LogP contribution in [0, 0.1) is 0 Å². The van der Waals surface area contributed by atoms with Crippen molar-refractivity contribution in [2.75, 3.05) is 40.1 Å². The number of hydrogen-bond donors (Lipinski definition) is 1. The van der Waals surface area contributed by atoms with Crippen LogP contribution in [-0.2, 0) is 13.0 Å². The van der Waals surface area contributed by atoms with E-state index in [0.29, 0.717) is 0 Å². The number of nitrogens with one attached hydrogen (secondary N) is 1. The third-order valence-corrected chi connectivity index (χ3v) is 5.75. The Labute approximate surface area is 179 Å². The van der Waals surface area contributed by atoms with Gasteiger partial charge < -0.3 is 19.7 Å². The lowest BCUT2D eigenvalue weighted by atomic mass is 9.99. The van der Waals surface area contributed by atoms with Gasteiger partial charge in [0.05, 0.1) is 20.8 Å². The zero-order chi connectivity index (χ0) is 18.4. The zero-order valence-electron chi connectivity index (χ0n) is 16.7. The molecule has 148 valence electrons. The molecule has 0 aliphatic carbocycles. The van der Waals surface area contributed by atoms with Crippen molar-refractivity contribution in [3.8, 4) is 11.5 Å². The average molecular weight is 493 g/mol. The van der Waals surface area contributed by atoms with Crippen LogP contribution in [0.15, 0.2) is 17.1 Å². The van der Waals surface area contributed by atoms with Crippen LogP contribution in [0.5, 0.6) is 11.5 Å². The number of nitrogens with zero attached hydrogens (tertiary/aromatic N) is 2. The topological polar surface area (TPSA) is 46.1 Å². The van der Waals surface area contributed by atoms with E-state index in [4.69, 9.17) is 14.5 Å². The van der Waals surface area contributed by atoms with E-state index in [-0.39, 0.29) is 28.7 Å². The number of ether oxygens (including phenoxy) is 2. The van der Waals surface area contributed by atoms with E-state index in [1.807, 2.05) is 11.8 Å². The maximum absolute atomic E-state index is 5.46. The summed E-state index contributed by atoms with van der Waals surface area (Å²) in [5.41, 5.74) is 2.60. The molecule has 0 unspecified atom stereocenters. The summed E-state index contributed by atoms with van der Waals surface area (Å²) in [6.45, 7) is 10.0. The maximum Gasteiger partial charge on any atom is 0.194 e. The third kappa shape index (κ3) is 5.84. The van der Waals surface area contributed by atoms with Crippen LogP contribution in [0.1, 0.15) is 31.9 Å². The Bertz CT molecular complexity index is 623. The summed E-state index contributed by atoms with van der Waals surface area (Å²) < 4.78 is 11.0. The fourth-order valence-electron chi connectivity index (χ4n) is 2.82. The molecule has 2 rings (SSSR count). The summed E-state index contributed by atoms with van der Waals surface area (Å²) in [5, 5.41) is 3.44. The molecule has 0 radical (unpaired) electrons. The standard InChI is InChI=1S/C19H31N3O2S.HI/c1-7-20-18(21-13-19(2,3)25-6)22-9-8-14-10-16(23-4)17(24-5)11-15(14)12-22;/h10-11H,7-9,12-13H2,1-6H3,(H,20,21);1H. The van der Waals surface area contributed by atoms with Gasteiger partial charge >= 0.3 is 0 Å². The smallest absolute Gasteiger partial charge is 0.194 e. The largest absolute Gasteiger partial charge is 0.493 e. The van der Waals surface area contributed by atoms with Crippen molar-refractivity contribution in [3.63, 3.8) is 0 Å². The number of methoxy groups -OCH3 is 2. The molecule has 1 aromatic rings. The van der Waals surface area contributed by atoms with Crippen LogP contribution in [0.2, 0.25) is 0 Å². The van der Waals surface area contributed by atoms with Gasteiger partial charge in [-0.2, -0.15) is 11.8 Å². The number of thioether (sulfide) groups is 1. The quantitative estimate of drug-likeness (QED) is 0.371. The molecule has 0 aromatic heterocycles. The van der Waals surface area contributed by atoms with Gasteiger partial charge in [0.15, 0.2) is 17.5 Å². The van der Waals surface area contributed by atoms with Crippen LogP contribution in [0.3, 0.4) is 0 Å². The lowest BCUT2D eigenvalue weighted by Gasteiger charge is -2.33. The maximum atomic E-state index is 5.46. The van der Waals surface area contributed by atoms with Crippen LogP contribution in [-0.4, -0.2) is 55.7 Å². The number of aliphatic imine (C=N–C) groups is 1. The minimum absolute atomic E-state index is 0. The predicted octanol–water partition coefficient (Wildman–Crippen LogP) is 3.79. The molecular formula is C19H32IN3O2S. The lowest BCUT2D eigenvalue weighted by Crippen LogP contribution is -2.44. The lowest BCUT2D eigenvalue weighted by molar-refractivity contribution is 0.346. The summed E-state index contributed by atoms with van der Waals surface area (Å²) >= 11 is 1.85. The molecule has 1 aliphatic rings. The van der Waals surface area contributed by atoms with Crippen molar-refractivity contribution in [1.29, 1.82) is 0 Å². The highest BCUT2D eigenvalue weighted by atomic mass is 127. The predicted molar refractivity (Wildman–Crippen MR) is 123 cm³/mol. The van der Waals surface area contributed by atoms with E-state index >= 15 is 0 Å². The second-order valence-corrected chi connectivity index (χ2v) is 8.29. The second-order valence-electron chi connectivity index (χ2n) is 6.78. The molecule has 1 heterocycles. The van der Waals surface area contributed by atoms with Crippen LogP contribution in [0.25, 0.3) is 0 Å². The van der Waals surface area contributed by atoms with Crippen LogP contribution >= 0.6 is 35.7 Å². The van der Waals surface area contributed by atoms with Gasteiger partial charge in [0, 0.05) is 24.4 Å². The van der Waals surface area contributed by atoms with Crippen molar-refractivity contribution in [2.24, 2.45) is 4.99 Å². The molecule has 0 bridgehead atoms. The summed E-state index contributed by atoms with van der Waals surface area (Å²) in [4.78, 5) is 7.21. The molecule has 0 atom stereocenters. The van der Waals surface area contributed by atoms with Crippen molar-refractivity contribution < 1.29 is 9.47 Å². The van der Waals surface area contributed by atoms with Crippen molar-refractivity contribution >= 4 is 41.7 Å². The molecule has 1 aromatic carbocycles. The second kappa shape index (κ2) is 10.5. The van der Waals surface area contributed by atoms with Gasteiger partial charge in [0.1, 0.15) is 0 Å².